The Morgan fingerprint density at radius 3 is 2.72 bits per heavy atom. The average Bonchev–Trinajstić information content (AvgIpc) is 2.85. The maximum atomic E-state index is 12.9. The normalized spacial score (nSPS) is 17.8. The van der Waals surface area contributed by atoms with E-state index < -0.39 is 5.60 Å². The van der Waals surface area contributed by atoms with Crippen LogP contribution in [0.15, 0.2) is 24.4 Å². The molecule has 2 aliphatic heterocycles. The third-order valence-corrected chi connectivity index (χ3v) is 5.62. The number of hydrogen-bond acceptors (Lipinski definition) is 6. The fourth-order valence-electron chi connectivity index (χ4n) is 3.87. The van der Waals surface area contributed by atoms with E-state index >= 15 is 0 Å². The second-order valence-corrected chi connectivity index (χ2v) is 7.54. The molecule has 8 nitrogen and oxygen atoms in total. The van der Waals surface area contributed by atoms with Gasteiger partial charge in [0.15, 0.2) is 0 Å². The number of benzene rings is 1. The Balaban J connectivity index is 1.50. The molecule has 2 aromatic rings. The van der Waals surface area contributed by atoms with Crippen molar-refractivity contribution in [1.29, 1.82) is 0 Å². The summed E-state index contributed by atoms with van der Waals surface area (Å²) in [4.78, 5) is 35.7. The van der Waals surface area contributed by atoms with Gasteiger partial charge in [0.1, 0.15) is 22.9 Å². The van der Waals surface area contributed by atoms with E-state index in [0.717, 1.165) is 0 Å². The predicted molar refractivity (Wildman–Crippen MR) is 105 cm³/mol. The molecule has 3 heterocycles. The number of hydrogen-bond donors (Lipinski definition) is 1. The van der Waals surface area contributed by atoms with E-state index in [4.69, 9.17) is 9.47 Å². The zero-order valence-electron chi connectivity index (χ0n) is 16.8. The van der Waals surface area contributed by atoms with Crippen molar-refractivity contribution in [2.75, 3.05) is 26.7 Å². The molecular formula is C21H24N4O4. The lowest BCUT2D eigenvalue weighted by molar-refractivity contribution is 0.00764. The molecule has 0 atom stereocenters. The van der Waals surface area contributed by atoms with Crippen molar-refractivity contribution in [2.24, 2.45) is 0 Å². The molecule has 1 fully saturated rings. The molecule has 0 bridgehead atoms. The molecule has 0 unspecified atom stereocenters. The summed E-state index contributed by atoms with van der Waals surface area (Å²) < 4.78 is 11.5. The minimum Gasteiger partial charge on any atom is -0.497 e. The highest BCUT2D eigenvalue weighted by Gasteiger charge is 2.41. The lowest BCUT2D eigenvalue weighted by atomic mass is 9.90. The van der Waals surface area contributed by atoms with Gasteiger partial charge in [0.25, 0.3) is 11.8 Å². The number of nitrogens with zero attached hydrogens (tertiary/aromatic N) is 3. The van der Waals surface area contributed by atoms with E-state index in [9.17, 15) is 9.59 Å². The van der Waals surface area contributed by atoms with Gasteiger partial charge in [-0.2, -0.15) is 0 Å². The number of rotatable bonds is 2. The van der Waals surface area contributed by atoms with E-state index in [-0.39, 0.29) is 11.8 Å². The first-order chi connectivity index (χ1) is 13.9. The zero-order valence-corrected chi connectivity index (χ0v) is 16.8. The van der Waals surface area contributed by atoms with Gasteiger partial charge in [0.05, 0.1) is 30.5 Å². The first-order valence-electron chi connectivity index (χ1n) is 9.65. The Morgan fingerprint density at radius 1 is 1.28 bits per heavy atom. The Kier molecular flexibility index (Phi) is 4.86. The maximum absolute atomic E-state index is 12.9. The summed E-state index contributed by atoms with van der Waals surface area (Å²) in [6.45, 7) is 5.10. The molecule has 1 aromatic carbocycles. The van der Waals surface area contributed by atoms with Gasteiger partial charge in [-0.05, 0) is 32.0 Å². The summed E-state index contributed by atoms with van der Waals surface area (Å²) in [5.74, 6) is 1.55. The molecule has 8 heteroatoms. The highest BCUT2D eigenvalue weighted by atomic mass is 16.5. The average molecular weight is 396 g/mol. The molecule has 1 saturated heterocycles. The largest absolute Gasteiger partial charge is 0.497 e. The molecule has 0 radical (unpaired) electrons. The monoisotopic (exact) mass is 396 g/mol. The number of likely N-dealkylation sites (tertiary alicyclic amines) is 1. The van der Waals surface area contributed by atoms with Crippen LogP contribution in [-0.4, -0.2) is 59.0 Å². The summed E-state index contributed by atoms with van der Waals surface area (Å²) in [6, 6.07) is 5.23. The minimum absolute atomic E-state index is 0.0693. The standard InChI is InChI=1S/C21H24N4O4/c1-13-17(11-22-14(2)24-13)20(27)25-8-6-21(7-9-25)12-23-19(26)16-10-15(28-3)4-5-18(16)29-21/h4-5,10-11H,6-9,12H2,1-3H3,(H,23,26). The Morgan fingerprint density at radius 2 is 2.03 bits per heavy atom. The van der Waals surface area contributed by atoms with Crippen LogP contribution in [0.4, 0.5) is 0 Å². The van der Waals surface area contributed by atoms with E-state index in [2.05, 4.69) is 15.3 Å². The topological polar surface area (TPSA) is 93.7 Å². The van der Waals surface area contributed by atoms with Crippen molar-refractivity contribution >= 4 is 11.8 Å². The molecule has 0 aliphatic carbocycles. The molecule has 1 spiro atoms. The number of piperidine rings is 1. The van der Waals surface area contributed by atoms with Crippen LogP contribution in [0.25, 0.3) is 0 Å². The van der Waals surface area contributed by atoms with Crippen LogP contribution in [0, 0.1) is 13.8 Å². The molecule has 2 amide bonds. The van der Waals surface area contributed by atoms with E-state index in [0.29, 0.717) is 66.6 Å². The summed E-state index contributed by atoms with van der Waals surface area (Å²) in [5.41, 5.74) is 1.14. The molecule has 4 rings (SSSR count). The van der Waals surface area contributed by atoms with Gasteiger partial charge in [0.2, 0.25) is 0 Å². The van der Waals surface area contributed by atoms with E-state index in [1.54, 1.807) is 43.3 Å². The summed E-state index contributed by atoms with van der Waals surface area (Å²) >= 11 is 0. The van der Waals surface area contributed by atoms with Crippen LogP contribution in [-0.2, 0) is 0 Å². The molecular weight excluding hydrogens is 372 g/mol. The zero-order chi connectivity index (χ0) is 20.6. The van der Waals surface area contributed by atoms with Crippen molar-refractivity contribution in [3.05, 3.63) is 47.0 Å². The van der Waals surface area contributed by atoms with Gasteiger partial charge >= 0.3 is 0 Å². The summed E-state index contributed by atoms with van der Waals surface area (Å²) in [6.07, 6.45) is 2.84. The van der Waals surface area contributed by atoms with Crippen molar-refractivity contribution < 1.29 is 19.1 Å². The number of nitrogens with one attached hydrogen (secondary N) is 1. The number of aromatic nitrogens is 2. The summed E-state index contributed by atoms with van der Waals surface area (Å²) in [5, 5.41) is 2.96. The Hall–Kier alpha value is -3.16. The smallest absolute Gasteiger partial charge is 0.257 e. The number of amides is 2. The minimum atomic E-state index is -0.537. The first-order valence-corrected chi connectivity index (χ1v) is 9.65. The number of carbonyl (C=O) groups is 2. The van der Waals surface area contributed by atoms with Crippen LogP contribution in [0.5, 0.6) is 11.5 Å². The van der Waals surface area contributed by atoms with Crippen LogP contribution in [0.1, 0.15) is 45.1 Å². The Labute approximate surface area is 169 Å². The fraction of sp³-hybridized carbons (Fsp3) is 0.429. The highest BCUT2D eigenvalue weighted by molar-refractivity contribution is 5.98. The number of fused-ring (bicyclic) bond motifs is 1. The molecule has 0 saturated carbocycles. The molecule has 29 heavy (non-hydrogen) atoms. The predicted octanol–water partition coefficient (Wildman–Crippen LogP) is 1.90. The molecule has 2 aliphatic rings. The SMILES string of the molecule is COc1ccc2c(c1)C(=O)NCC1(CCN(C(=O)c3cnc(C)nc3C)CC1)O2. The van der Waals surface area contributed by atoms with Gasteiger partial charge in [-0.3, -0.25) is 9.59 Å². The van der Waals surface area contributed by atoms with Gasteiger partial charge < -0.3 is 19.7 Å². The van der Waals surface area contributed by atoms with Crippen LogP contribution in [0.3, 0.4) is 0 Å². The maximum Gasteiger partial charge on any atom is 0.257 e. The quantitative estimate of drug-likeness (QED) is 0.833. The number of ether oxygens (including phenoxy) is 2. The van der Waals surface area contributed by atoms with Crippen molar-refractivity contribution in [3.8, 4) is 11.5 Å². The van der Waals surface area contributed by atoms with Crippen molar-refractivity contribution in [2.45, 2.75) is 32.3 Å². The van der Waals surface area contributed by atoms with Crippen molar-refractivity contribution in [3.63, 3.8) is 0 Å². The molecule has 1 N–H and O–H groups in total. The highest BCUT2D eigenvalue weighted by Crippen LogP contribution is 2.35. The number of carbonyl (C=O) groups excluding carboxylic acids is 2. The third-order valence-electron chi connectivity index (χ3n) is 5.62. The number of methoxy groups -OCH3 is 1. The van der Waals surface area contributed by atoms with Crippen LogP contribution in [0.2, 0.25) is 0 Å². The van der Waals surface area contributed by atoms with Gasteiger partial charge in [0, 0.05) is 32.1 Å². The van der Waals surface area contributed by atoms with E-state index in [1.165, 1.54) is 0 Å². The van der Waals surface area contributed by atoms with E-state index in [1.807, 2.05) is 6.92 Å². The summed E-state index contributed by atoms with van der Waals surface area (Å²) in [7, 11) is 1.56. The van der Waals surface area contributed by atoms with Gasteiger partial charge in [-0.15, -0.1) is 0 Å². The fourth-order valence-corrected chi connectivity index (χ4v) is 3.87. The molecule has 1 aromatic heterocycles. The van der Waals surface area contributed by atoms with Gasteiger partial charge in [-0.1, -0.05) is 0 Å². The van der Waals surface area contributed by atoms with Gasteiger partial charge in [-0.25, -0.2) is 9.97 Å². The number of aryl methyl sites for hydroxylation is 2. The lowest BCUT2D eigenvalue weighted by Gasteiger charge is -2.41. The Bertz CT molecular complexity index is 967. The second-order valence-electron chi connectivity index (χ2n) is 7.54. The third kappa shape index (κ3) is 3.62. The first kappa shape index (κ1) is 19.2. The lowest BCUT2D eigenvalue weighted by Crippen LogP contribution is -2.54. The molecule has 152 valence electrons. The van der Waals surface area contributed by atoms with Crippen LogP contribution < -0.4 is 14.8 Å². The van der Waals surface area contributed by atoms with Crippen molar-refractivity contribution in [1.82, 2.24) is 20.2 Å². The second kappa shape index (κ2) is 7.35. The van der Waals surface area contributed by atoms with Crippen LogP contribution >= 0.6 is 0 Å².